The predicted octanol–water partition coefficient (Wildman–Crippen LogP) is 3.49. The maximum Gasteiger partial charge on any atom is 0.109 e. The summed E-state index contributed by atoms with van der Waals surface area (Å²) >= 11 is 1.83. The Balaban J connectivity index is 1.57. The summed E-state index contributed by atoms with van der Waals surface area (Å²) in [5, 5.41) is 5.68. The van der Waals surface area contributed by atoms with Gasteiger partial charge in [0.05, 0.1) is 11.0 Å². The molecule has 0 atom stereocenters. The number of hydrogen-bond donors (Lipinski definition) is 1. The van der Waals surface area contributed by atoms with Crippen LogP contribution in [0.25, 0.3) is 11.0 Å². The van der Waals surface area contributed by atoms with Crippen molar-refractivity contribution in [2.75, 3.05) is 13.1 Å². The predicted molar refractivity (Wildman–Crippen MR) is 90.0 cm³/mol. The van der Waals surface area contributed by atoms with Crippen LogP contribution in [0.1, 0.15) is 17.6 Å². The third kappa shape index (κ3) is 3.34. The molecular weight excluding hydrogens is 278 g/mol. The smallest absolute Gasteiger partial charge is 0.109 e. The molecule has 0 saturated carbocycles. The molecule has 3 rings (SSSR count). The van der Waals surface area contributed by atoms with E-state index in [2.05, 4.69) is 58.6 Å². The number of para-hydroxylation sites is 2. The molecule has 0 aliphatic rings. The van der Waals surface area contributed by atoms with E-state index in [0.29, 0.717) is 0 Å². The molecule has 1 N–H and O–H groups in total. The second kappa shape index (κ2) is 6.87. The Morgan fingerprint density at radius 1 is 1.14 bits per heavy atom. The van der Waals surface area contributed by atoms with Crippen molar-refractivity contribution in [2.24, 2.45) is 0 Å². The van der Waals surface area contributed by atoms with Crippen LogP contribution >= 0.6 is 11.3 Å². The fraction of sp³-hybridized carbons (Fsp3) is 0.353. The maximum absolute atomic E-state index is 4.71. The molecule has 21 heavy (non-hydrogen) atoms. The molecule has 0 aliphatic heterocycles. The van der Waals surface area contributed by atoms with Crippen LogP contribution in [0.3, 0.4) is 0 Å². The Kier molecular flexibility index (Phi) is 4.68. The average Bonchev–Trinajstić information content (AvgIpc) is 3.14. The summed E-state index contributed by atoms with van der Waals surface area (Å²) in [4.78, 5) is 6.16. The van der Waals surface area contributed by atoms with E-state index in [1.165, 1.54) is 16.2 Å². The fourth-order valence-electron chi connectivity index (χ4n) is 2.63. The van der Waals surface area contributed by atoms with Crippen molar-refractivity contribution in [3.05, 3.63) is 52.5 Å². The van der Waals surface area contributed by atoms with Gasteiger partial charge in [0.2, 0.25) is 0 Å². The molecular formula is C17H21N3S. The van der Waals surface area contributed by atoms with Gasteiger partial charge in [-0.05, 0) is 30.0 Å². The van der Waals surface area contributed by atoms with E-state index >= 15 is 0 Å². The zero-order valence-corrected chi connectivity index (χ0v) is 13.2. The van der Waals surface area contributed by atoms with Gasteiger partial charge in [0.1, 0.15) is 5.82 Å². The lowest BCUT2D eigenvalue weighted by Crippen LogP contribution is -2.22. The lowest BCUT2D eigenvalue weighted by atomic mass is 10.3. The van der Waals surface area contributed by atoms with Crippen molar-refractivity contribution in [1.29, 1.82) is 0 Å². The maximum atomic E-state index is 4.71. The third-order valence-corrected chi connectivity index (χ3v) is 4.63. The lowest BCUT2D eigenvalue weighted by molar-refractivity contribution is 0.593. The summed E-state index contributed by atoms with van der Waals surface area (Å²) < 4.78 is 2.34. The zero-order chi connectivity index (χ0) is 14.5. The highest BCUT2D eigenvalue weighted by molar-refractivity contribution is 7.09. The highest BCUT2D eigenvalue weighted by Crippen LogP contribution is 2.16. The van der Waals surface area contributed by atoms with Gasteiger partial charge >= 0.3 is 0 Å². The molecule has 0 aliphatic carbocycles. The van der Waals surface area contributed by atoms with E-state index in [-0.39, 0.29) is 0 Å². The molecule has 0 bridgehead atoms. The van der Waals surface area contributed by atoms with Gasteiger partial charge in [0.25, 0.3) is 0 Å². The molecule has 0 unspecified atom stereocenters. The number of rotatable bonds is 7. The molecule has 0 fully saturated rings. The molecule has 4 heteroatoms. The van der Waals surface area contributed by atoms with Gasteiger partial charge in [0, 0.05) is 30.9 Å². The van der Waals surface area contributed by atoms with Crippen molar-refractivity contribution in [2.45, 2.75) is 26.3 Å². The Bertz CT molecular complexity index is 685. The largest absolute Gasteiger partial charge is 0.327 e. The van der Waals surface area contributed by atoms with Gasteiger partial charge in [-0.1, -0.05) is 25.1 Å². The van der Waals surface area contributed by atoms with Crippen LogP contribution < -0.4 is 5.32 Å². The van der Waals surface area contributed by atoms with E-state index in [9.17, 15) is 0 Å². The topological polar surface area (TPSA) is 29.9 Å². The molecule has 3 aromatic rings. The Hall–Kier alpha value is -1.65. The molecule has 0 radical (unpaired) electrons. The number of aryl methyl sites for hydroxylation is 1. The average molecular weight is 299 g/mol. The van der Waals surface area contributed by atoms with Gasteiger partial charge in [-0.25, -0.2) is 4.98 Å². The SMILES string of the molecule is CCc1nc2ccccc2n1CCNCCc1cccs1. The highest BCUT2D eigenvalue weighted by atomic mass is 32.1. The second-order valence-corrected chi connectivity index (χ2v) is 6.13. The standard InChI is InChI=1S/C17H21N3S/c1-2-17-19-15-7-3-4-8-16(15)20(17)12-11-18-10-9-14-6-5-13-21-14/h3-8,13,18H,2,9-12H2,1H3. The van der Waals surface area contributed by atoms with E-state index in [4.69, 9.17) is 4.98 Å². The van der Waals surface area contributed by atoms with Gasteiger partial charge in [-0.2, -0.15) is 0 Å². The Morgan fingerprint density at radius 3 is 2.86 bits per heavy atom. The minimum absolute atomic E-state index is 0.976. The molecule has 110 valence electrons. The zero-order valence-electron chi connectivity index (χ0n) is 12.4. The summed E-state index contributed by atoms with van der Waals surface area (Å²) in [6, 6.07) is 12.7. The van der Waals surface area contributed by atoms with Crippen LogP contribution in [0, 0.1) is 0 Å². The van der Waals surface area contributed by atoms with E-state index in [1.807, 2.05) is 11.3 Å². The molecule has 0 spiro atoms. The van der Waals surface area contributed by atoms with Crippen molar-refractivity contribution >= 4 is 22.4 Å². The molecule has 0 saturated heterocycles. The molecule has 2 heterocycles. The van der Waals surface area contributed by atoms with Gasteiger partial charge in [-0.15, -0.1) is 11.3 Å². The Morgan fingerprint density at radius 2 is 2.05 bits per heavy atom. The molecule has 3 nitrogen and oxygen atoms in total. The summed E-state index contributed by atoms with van der Waals surface area (Å²) in [5.74, 6) is 1.18. The van der Waals surface area contributed by atoms with E-state index in [0.717, 1.165) is 38.0 Å². The van der Waals surface area contributed by atoms with Crippen molar-refractivity contribution in [1.82, 2.24) is 14.9 Å². The van der Waals surface area contributed by atoms with Gasteiger partial charge in [0.15, 0.2) is 0 Å². The van der Waals surface area contributed by atoms with Crippen LogP contribution in [0.4, 0.5) is 0 Å². The van der Waals surface area contributed by atoms with E-state index < -0.39 is 0 Å². The number of nitrogens with one attached hydrogen (secondary N) is 1. The number of imidazole rings is 1. The van der Waals surface area contributed by atoms with Gasteiger partial charge < -0.3 is 9.88 Å². The number of fused-ring (bicyclic) bond motifs is 1. The number of thiophene rings is 1. The minimum Gasteiger partial charge on any atom is -0.327 e. The van der Waals surface area contributed by atoms with Crippen molar-refractivity contribution in [3.8, 4) is 0 Å². The monoisotopic (exact) mass is 299 g/mol. The molecule has 2 aromatic heterocycles. The number of nitrogens with zero attached hydrogens (tertiary/aromatic N) is 2. The number of hydrogen-bond acceptors (Lipinski definition) is 3. The van der Waals surface area contributed by atoms with Crippen LogP contribution in [0.15, 0.2) is 41.8 Å². The fourth-order valence-corrected chi connectivity index (χ4v) is 3.34. The summed E-state index contributed by atoms with van der Waals surface area (Å²) in [5.41, 5.74) is 2.35. The summed E-state index contributed by atoms with van der Waals surface area (Å²) in [7, 11) is 0. The van der Waals surface area contributed by atoms with Crippen LogP contribution in [0.2, 0.25) is 0 Å². The first-order valence-corrected chi connectivity index (χ1v) is 8.43. The molecule has 0 amide bonds. The second-order valence-electron chi connectivity index (χ2n) is 5.10. The van der Waals surface area contributed by atoms with E-state index in [1.54, 1.807) is 0 Å². The first-order valence-electron chi connectivity index (χ1n) is 7.55. The third-order valence-electron chi connectivity index (χ3n) is 3.69. The number of benzene rings is 1. The van der Waals surface area contributed by atoms with Crippen LogP contribution in [0.5, 0.6) is 0 Å². The first-order chi connectivity index (χ1) is 10.4. The molecule has 1 aromatic carbocycles. The van der Waals surface area contributed by atoms with Crippen LogP contribution in [-0.2, 0) is 19.4 Å². The minimum atomic E-state index is 0.976. The van der Waals surface area contributed by atoms with Crippen LogP contribution in [-0.4, -0.2) is 22.6 Å². The Labute approximate surface area is 129 Å². The normalized spacial score (nSPS) is 11.3. The first kappa shape index (κ1) is 14.3. The van der Waals surface area contributed by atoms with Gasteiger partial charge in [-0.3, -0.25) is 0 Å². The number of aromatic nitrogens is 2. The van der Waals surface area contributed by atoms with Crippen molar-refractivity contribution in [3.63, 3.8) is 0 Å². The summed E-state index contributed by atoms with van der Waals surface area (Å²) in [6.45, 7) is 5.17. The van der Waals surface area contributed by atoms with Crippen molar-refractivity contribution < 1.29 is 0 Å². The summed E-state index contributed by atoms with van der Waals surface area (Å²) in [6.07, 6.45) is 2.09. The quantitative estimate of drug-likeness (QED) is 0.677. The highest BCUT2D eigenvalue weighted by Gasteiger charge is 2.07. The lowest BCUT2D eigenvalue weighted by Gasteiger charge is -2.09.